The van der Waals surface area contributed by atoms with E-state index in [1.54, 1.807) is 12.1 Å². The SMILES string of the molecule is O=C1c2cccc(F)c2C(=O)c2c(NCC(O)CCl)cccc21. The summed E-state index contributed by atoms with van der Waals surface area (Å²) in [6, 6.07) is 8.78. The van der Waals surface area contributed by atoms with E-state index in [0.29, 0.717) is 5.69 Å². The number of benzene rings is 2. The van der Waals surface area contributed by atoms with E-state index in [-0.39, 0.29) is 34.7 Å². The molecule has 1 aliphatic rings. The highest BCUT2D eigenvalue weighted by Gasteiger charge is 2.33. The third kappa shape index (κ3) is 2.62. The molecule has 2 N–H and O–H groups in total. The molecule has 1 atom stereocenters. The summed E-state index contributed by atoms with van der Waals surface area (Å²) in [4.78, 5) is 25.2. The van der Waals surface area contributed by atoms with Gasteiger partial charge in [-0.25, -0.2) is 4.39 Å². The van der Waals surface area contributed by atoms with Crippen LogP contribution in [-0.2, 0) is 0 Å². The van der Waals surface area contributed by atoms with Crippen molar-refractivity contribution >= 4 is 28.9 Å². The van der Waals surface area contributed by atoms with Gasteiger partial charge in [-0.1, -0.05) is 24.3 Å². The molecule has 0 spiro atoms. The predicted molar refractivity (Wildman–Crippen MR) is 84.9 cm³/mol. The molecule has 118 valence electrons. The minimum Gasteiger partial charge on any atom is -0.390 e. The molecule has 2 aromatic rings. The van der Waals surface area contributed by atoms with E-state index in [4.69, 9.17) is 11.6 Å². The molecule has 0 fully saturated rings. The van der Waals surface area contributed by atoms with Crippen molar-refractivity contribution < 1.29 is 19.1 Å². The lowest BCUT2D eigenvalue weighted by molar-refractivity contribution is 0.0976. The molecule has 0 saturated carbocycles. The van der Waals surface area contributed by atoms with Crippen molar-refractivity contribution in [3.8, 4) is 0 Å². The first-order valence-corrected chi connectivity index (χ1v) is 7.57. The average molecular weight is 334 g/mol. The van der Waals surface area contributed by atoms with Gasteiger partial charge < -0.3 is 10.4 Å². The summed E-state index contributed by atoms with van der Waals surface area (Å²) in [7, 11) is 0. The fraction of sp³-hybridized carbons (Fsp3) is 0.176. The minimum absolute atomic E-state index is 0.0341. The molecule has 0 radical (unpaired) electrons. The summed E-state index contributed by atoms with van der Waals surface area (Å²) < 4.78 is 14.0. The van der Waals surface area contributed by atoms with E-state index in [1.165, 1.54) is 18.2 Å². The monoisotopic (exact) mass is 333 g/mol. The van der Waals surface area contributed by atoms with Crippen molar-refractivity contribution in [2.45, 2.75) is 6.10 Å². The van der Waals surface area contributed by atoms with Gasteiger partial charge in [0.1, 0.15) is 5.82 Å². The van der Waals surface area contributed by atoms with Gasteiger partial charge in [0, 0.05) is 23.4 Å². The van der Waals surface area contributed by atoms with Gasteiger partial charge >= 0.3 is 0 Å². The number of rotatable bonds is 4. The molecule has 0 aromatic heterocycles. The highest BCUT2D eigenvalue weighted by Crippen LogP contribution is 2.33. The number of nitrogens with one attached hydrogen (secondary N) is 1. The van der Waals surface area contributed by atoms with Crippen LogP contribution in [0.5, 0.6) is 0 Å². The maximum absolute atomic E-state index is 14.0. The van der Waals surface area contributed by atoms with Crippen LogP contribution in [0.3, 0.4) is 0 Å². The van der Waals surface area contributed by atoms with Gasteiger partial charge in [0.05, 0.1) is 23.1 Å². The Balaban J connectivity index is 2.09. The number of carbonyl (C=O) groups excluding carboxylic acids is 2. The van der Waals surface area contributed by atoms with E-state index in [0.717, 1.165) is 6.07 Å². The number of hydrogen-bond donors (Lipinski definition) is 2. The molecule has 23 heavy (non-hydrogen) atoms. The molecule has 0 saturated heterocycles. The lowest BCUT2D eigenvalue weighted by atomic mass is 9.83. The molecule has 6 heteroatoms. The van der Waals surface area contributed by atoms with Crippen LogP contribution in [0.2, 0.25) is 0 Å². The second kappa shape index (κ2) is 6.10. The number of fused-ring (bicyclic) bond motifs is 2. The topological polar surface area (TPSA) is 66.4 Å². The van der Waals surface area contributed by atoms with Crippen molar-refractivity contribution in [3.63, 3.8) is 0 Å². The number of carbonyl (C=O) groups is 2. The van der Waals surface area contributed by atoms with Crippen LogP contribution < -0.4 is 5.32 Å². The smallest absolute Gasteiger partial charge is 0.199 e. The fourth-order valence-electron chi connectivity index (χ4n) is 2.63. The van der Waals surface area contributed by atoms with Crippen molar-refractivity contribution in [1.82, 2.24) is 0 Å². The second-order valence-electron chi connectivity index (χ2n) is 5.24. The number of ketones is 2. The van der Waals surface area contributed by atoms with Crippen LogP contribution >= 0.6 is 11.6 Å². The number of anilines is 1. The highest BCUT2D eigenvalue weighted by atomic mass is 35.5. The van der Waals surface area contributed by atoms with Crippen molar-refractivity contribution in [1.29, 1.82) is 0 Å². The molecule has 0 bridgehead atoms. The molecule has 0 heterocycles. The van der Waals surface area contributed by atoms with Crippen LogP contribution in [-0.4, -0.2) is 35.2 Å². The minimum atomic E-state index is -0.800. The van der Waals surface area contributed by atoms with Crippen LogP contribution in [0.15, 0.2) is 36.4 Å². The molecule has 4 nitrogen and oxygen atoms in total. The van der Waals surface area contributed by atoms with Crippen molar-refractivity contribution in [2.75, 3.05) is 17.7 Å². The number of halogens is 2. The summed E-state index contributed by atoms with van der Waals surface area (Å²) in [5.74, 6) is -1.62. The third-order valence-corrected chi connectivity index (χ3v) is 4.08. The molecule has 0 amide bonds. The number of hydrogen-bond acceptors (Lipinski definition) is 4. The Morgan fingerprint density at radius 3 is 2.39 bits per heavy atom. The zero-order valence-electron chi connectivity index (χ0n) is 12.0. The Hall–Kier alpha value is -2.24. The van der Waals surface area contributed by atoms with E-state index in [2.05, 4.69) is 5.32 Å². The normalized spacial score (nSPS) is 14.2. The van der Waals surface area contributed by atoms with Gasteiger partial charge in [-0.3, -0.25) is 9.59 Å². The average Bonchev–Trinajstić information content (AvgIpc) is 2.56. The summed E-state index contributed by atoms with van der Waals surface area (Å²) in [6.07, 6.45) is -0.800. The van der Waals surface area contributed by atoms with Gasteiger partial charge in [0.25, 0.3) is 0 Å². The highest BCUT2D eigenvalue weighted by molar-refractivity contribution is 6.30. The van der Waals surface area contributed by atoms with E-state index in [9.17, 15) is 19.1 Å². The first-order chi connectivity index (χ1) is 11.0. The molecule has 0 aliphatic heterocycles. The lowest BCUT2D eigenvalue weighted by Gasteiger charge is -2.21. The van der Waals surface area contributed by atoms with E-state index in [1.807, 2.05) is 0 Å². The molecule has 2 aromatic carbocycles. The molecular formula is C17H13ClFNO3. The summed E-state index contributed by atoms with van der Waals surface area (Å²) in [5, 5.41) is 12.4. The summed E-state index contributed by atoms with van der Waals surface area (Å²) in [6.45, 7) is 0.117. The first kappa shape index (κ1) is 15.6. The van der Waals surface area contributed by atoms with Gasteiger partial charge in [-0.2, -0.15) is 0 Å². The van der Waals surface area contributed by atoms with Gasteiger partial charge in [-0.05, 0) is 12.1 Å². The largest absolute Gasteiger partial charge is 0.390 e. The Morgan fingerprint density at radius 1 is 1.04 bits per heavy atom. The quantitative estimate of drug-likeness (QED) is 0.720. The van der Waals surface area contributed by atoms with Gasteiger partial charge in [-0.15, -0.1) is 11.6 Å². The van der Waals surface area contributed by atoms with Crippen molar-refractivity contribution in [2.24, 2.45) is 0 Å². The lowest BCUT2D eigenvalue weighted by Crippen LogP contribution is -2.26. The Morgan fingerprint density at radius 2 is 1.70 bits per heavy atom. The Kier molecular flexibility index (Phi) is 4.15. The Labute approximate surface area is 136 Å². The third-order valence-electron chi connectivity index (χ3n) is 3.73. The van der Waals surface area contributed by atoms with Crippen LogP contribution in [0, 0.1) is 5.82 Å². The summed E-state index contributed by atoms with van der Waals surface area (Å²) >= 11 is 5.54. The van der Waals surface area contributed by atoms with E-state index >= 15 is 0 Å². The maximum Gasteiger partial charge on any atom is 0.199 e. The van der Waals surface area contributed by atoms with Crippen molar-refractivity contribution in [3.05, 3.63) is 64.5 Å². The number of aliphatic hydroxyl groups is 1. The van der Waals surface area contributed by atoms with Crippen LogP contribution in [0.1, 0.15) is 31.8 Å². The van der Waals surface area contributed by atoms with E-state index < -0.39 is 23.5 Å². The standard InChI is InChI=1S/C17H13ClFNO3/c18-7-9(21)8-20-13-6-2-4-11-15(13)17(23)14-10(16(11)22)3-1-5-12(14)19/h1-6,9,20-21H,7-8H2. The first-order valence-electron chi connectivity index (χ1n) is 7.03. The predicted octanol–water partition coefficient (Wildman–Crippen LogP) is 2.61. The van der Waals surface area contributed by atoms with Crippen LogP contribution in [0.4, 0.5) is 10.1 Å². The number of aliphatic hydroxyl groups excluding tert-OH is 1. The second-order valence-corrected chi connectivity index (χ2v) is 5.55. The van der Waals surface area contributed by atoms with Gasteiger partial charge in [0.15, 0.2) is 11.6 Å². The maximum atomic E-state index is 14.0. The van der Waals surface area contributed by atoms with Gasteiger partial charge in [0.2, 0.25) is 0 Å². The zero-order chi connectivity index (χ0) is 16.6. The zero-order valence-corrected chi connectivity index (χ0v) is 12.7. The summed E-state index contributed by atoms with van der Waals surface area (Å²) in [5.41, 5.74) is 0.576. The molecule has 1 unspecified atom stereocenters. The molecular weight excluding hydrogens is 321 g/mol. The molecule has 3 rings (SSSR count). The fourth-order valence-corrected chi connectivity index (χ4v) is 2.74. The van der Waals surface area contributed by atoms with Crippen LogP contribution in [0.25, 0.3) is 0 Å². The number of alkyl halides is 1. The molecule has 1 aliphatic carbocycles. The Bertz CT molecular complexity index is 806.